The van der Waals surface area contributed by atoms with Crippen LogP contribution >= 0.6 is 0 Å². The van der Waals surface area contributed by atoms with Gasteiger partial charge in [-0.15, -0.1) is 0 Å². The number of hydrogen-bond donors (Lipinski definition) is 5. The van der Waals surface area contributed by atoms with Gasteiger partial charge < -0.3 is 34.9 Å². The van der Waals surface area contributed by atoms with Crippen LogP contribution in [0.4, 0.5) is 0 Å². The second-order valence-electron chi connectivity index (χ2n) is 5.01. The van der Waals surface area contributed by atoms with Gasteiger partial charge in [0.25, 0.3) is 0 Å². The summed E-state index contributed by atoms with van der Waals surface area (Å²) in [6, 6.07) is 7.40. The molecule has 2 aromatic rings. The van der Waals surface area contributed by atoms with Gasteiger partial charge in [-0.2, -0.15) is 0 Å². The van der Waals surface area contributed by atoms with Crippen molar-refractivity contribution in [2.75, 3.05) is 6.61 Å². The summed E-state index contributed by atoms with van der Waals surface area (Å²) in [5.41, 5.74) is 0.850. The summed E-state index contributed by atoms with van der Waals surface area (Å²) in [5, 5.41) is 39.6. The first-order valence-corrected chi connectivity index (χ1v) is 6.65. The Bertz CT molecular complexity index is 614. The zero-order valence-corrected chi connectivity index (χ0v) is 11.1. The van der Waals surface area contributed by atoms with Crippen LogP contribution < -0.4 is 4.74 Å². The van der Waals surface area contributed by atoms with Gasteiger partial charge in [-0.05, 0) is 12.1 Å². The predicted molar refractivity (Wildman–Crippen MR) is 72.7 cm³/mol. The van der Waals surface area contributed by atoms with Crippen molar-refractivity contribution in [3.63, 3.8) is 0 Å². The number of benzene rings is 1. The van der Waals surface area contributed by atoms with Gasteiger partial charge in [0, 0.05) is 17.1 Å². The normalized spacial score (nSPS) is 33.2. The van der Waals surface area contributed by atoms with Crippen molar-refractivity contribution in [3.8, 4) is 5.75 Å². The number of nitrogens with one attached hydrogen (secondary N) is 1. The number of aromatic nitrogens is 1. The Morgan fingerprint density at radius 2 is 1.90 bits per heavy atom. The maximum absolute atomic E-state index is 10.1. The predicted octanol–water partition coefficient (Wildman–Crippen LogP) is -0.653. The van der Waals surface area contributed by atoms with Gasteiger partial charge in [-0.3, -0.25) is 0 Å². The van der Waals surface area contributed by atoms with Crippen LogP contribution in [0.2, 0.25) is 0 Å². The van der Waals surface area contributed by atoms with Gasteiger partial charge in [0.1, 0.15) is 24.1 Å². The van der Waals surface area contributed by atoms with E-state index in [9.17, 15) is 15.3 Å². The van der Waals surface area contributed by atoms with Crippen molar-refractivity contribution in [1.82, 2.24) is 4.98 Å². The Morgan fingerprint density at radius 1 is 1.14 bits per heavy atom. The molecule has 21 heavy (non-hydrogen) atoms. The summed E-state index contributed by atoms with van der Waals surface area (Å²) < 4.78 is 10.6. The highest BCUT2D eigenvalue weighted by atomic mass is 16.6. The number of fused-ring (bicyclic) bond motifs is 1. The quantitative estimate of drug-likeness (QED) is 0.514. The summed E-state index contributed by atoms with van der Waals surface area (Å²) in [6.45, 7) is -0.487. The molecule has 3 rings (SSSR count). The minimum absolute atomic E-state index is 0.444. The molecule has 1 aromatic heterocycles. The van der Waals surface area contributed by atoms with E-state index in [0.29, 0.717) is 5.75 Å². The minimum Gasteiger partial charge on any atom is -0.482 e. The summed E-state index contributed by atoms with van der Waals surface area (Å²) in [6.07, 6.45) is -4.72. The highest BCUT2D eigenvalue weighted by Gasteiger charge is 2.45. The Balaban J connectivity index is 1.88. The van der Waals surface area contributed by atoms with Crippen molar-refractivity contribution < 1.29 is 29.9 Å². The fraction of sp³-hybridized carbons (Fsp3) is 0.429. The first kappa shape index (κ1) is 14.3. The van der Waals surface area contributed by atoms with Crippen LogP contribution in [0.3, 0.4) is 0 Å². The summed E-state index contributed by atoms with van der Waals surface area (Å²) in [4.78, 5) is 3.01. The number of H-pyrrole nitrogens is 1. The van der Waals surface area contributed by atoms with Crippen molar-refractivity contribution in [3.05, 3.63) is 30.5 Å². The van der Waals surface area contributed by atoms with E-state index in [4.69, 9.17) is 14.6 Å². The topological polar surface area (TPSA) is 115 Å². The average molecular weight is 295 g/mol. The van der Waals surface area contributed by atoms with Gasteiger partial charge in [0.05, 0.1) is 6.61 Å². The number of rotatable bonds is 3. The lowest BCUT2D eigenvalue weighted by Crippen LogP contribution is -2.60. The lowest BCUT2D eigenvalue weighted by Gasteiger charge is -2.39. The summed E-state index contributed by atoms with van der Waals surface area (Å²) in [5.74, 6) is 0.444. The SMILES string of the molecule is OC[C@H]1O[C@H](O)[C@H](O)[C@@H](Oc2c[nH]c3ccccc23)[C@H]1O. The lowest BCUT2D eigenvalue weighted by molar-refractivity contribution is -0.281. The molecule has 1 aliphatic heterocycles. The third-order valence-corrected chi connectivity index (χ3v) is 3.65. The maximum atomic E-state index is 10.1. The second-order valence-corrected chi connectivity index (χ2v) is 5.01. The standard InChI is InChI=1S/C14H17NO6/c16-6-10-11(17)13(12(18)14(19)21-10)20-9-5-15-8-4-2-1-3-7(8)9/h1-5,10-19H,6H2/t10-,11+,12-,13+,14+/m1/s1. The molecule has 0 bridgehead atoms. The van der Waals surface area contributed by atoms with Gasteiger partial charge >= 0.3 is 0 Å². The van der Waals surface area contributed by atoms with E-state index in [1.165, 1.54) is 0 Å². The van der Waals surface area contributed by atoms with E-state index in [1.54, 1.807) is 6.20 Å². The van der Waals surface area contributed by atoms with E-state index in [0.717, 1.165) is 10.9 Å². The van der Waals surface area contributed by atoms with E-state index in [-0.39, 0.29) is 0 Å². The Hall–Kier alpha value is -1.64. The fourth-order valence-electron chi connectivity index (χ4n) is 2.50. The highest BCUT2D eigenvalue weighted by molar-refractivity contribution is 5.85. The first-order valence-electron chi connectivity index (χ1n) is 6.65. The number of aliphatic hydroxyl groups excluding tert-OH is 4. The molecule has 1 fully saturated rings. The maximum Gasteiger partial charge on any atom is 0.185 e. The smallest absolute Gasteiger partial charge is 0.185 e. The molecule has 7 heteroatoms. The average Bonchev–Trinajstić information content (AvgIpc) is 2.90. The first-order chi connectivity index (χ1) is 10.1. The molecular formula is C14H17NO6. The van der Waals surface area contributed by atoms with Gasteiger partial charge in [0.15, 0.2) is 12.4 Å². The Kier molecular flexibility index (Phi) is 3.83. The molecule has 0 unspecified atom stereocenters. The number of hydrogen-bond acceptors (Lipinski definition) is 6. The van der Waals surface area contributed by atoms with E-state index in [2.05, 4.69) is 4.98 Å². The fourth-order valence-corrected chi connectivity index (χ4v) is 2.50. The zero-order chi connectivity index (χ0) is 15.0. The number of aliphatic hydroxyl groups is 4. The van der Waals surface area contributed by atoms with Crippen LogP contribution in [0.15, 0.2) is 30.5 Å². The summed E-state index contributed by atoms with van der Waals surface area (Å²) in [7, 11) is 0. The van der Waals surface area contributed by atoms with Crippen molar-refractivity contribution in [2.45, 2.75) is 30.7 Å². The summed E-state index contributed by atoms with van der Waals surface area (Å²) >= 11 is 0. The van der Waals surface area contributed by atoms with Crippen LogP contribution in [0.5, 0.6) is 5.75 Å². The van der Waals surface area contributed by atoms with Crippen LogP contribution in [0, 0.1) is 0 Å². The number of para-hydroxylation sites is 1. The minimum atomic E-state index is -1.53. The van der Waals surface area contributed by atoms with Gasteiger partial charge in [-0.25, -0.2) is 0 Å². The monoisotopic (exact) mass is 295 g/mol. The number of ether oxygens (including phenoxy) is 2. The van der Waals surface area contributed by atoms with E-state index >= 15 is 0 Å². The van der Waals surface area contributed by atoms with Crippen LogP contribution in [0.25, 0.3) is 10.9 Å². The second kappa shape index (κ2) is 5.63. The molecule has 5 N–H and O–H groups in total. The third-order valence-electron chi connectivity index (χ3n) is 3.65. The molecule has 0 spiro atoms. The molecule has 2 heterocycles. The van der Waals surface area contributed by atoms with Crippen LogP contribution in [-0.4, -0.2) is 62.7 Å². The van der Waals surface area contributed by atoms with Crippen molar-refractivity contribution in [1.29, 1.82) is 0 Å². The molecule has 114 valence electrons. The van der Waals surface area contributed by atoms with Gasteiger partial charge in [0.2, 0.25) is 0 Å². The molecule has 1 aromatic carbocycles. The van der Waals surface area contributed by atoms with Gasteiger partial charge in [-0.1, -0.05) is 12.1 Å². The largest absolute Gasteiger partial charge is 0.482 e. The van der Waals surface area contributed by atoms with Crippen molar-refractivity contribution in [2.24, 2.45) is 0 Å². The molecule has 0 amide bonds. The highest BCUT2D eigenvalue weighted by Crippen LogP contribution is 2.30. The molecule has 0 saturated carbocycles. The molecule has 1 aliphatic rings. The third kappa shape index (κ3) is 2.50. The number of aromatic amines is 1. The molecule has 0 radical (unpaired) electrons. The van der Waals surface area contributed by atoms with Crippen molar-refractivity contribution >= 4 is 10.9 Å². The van der Waals surface area contributed by atoms with Crippen LogP contribution in [0.1, 0.15) is 0 Å². The molecule has 0 aliphatic carbocycles. The molecule has 5 atom stereocenters. The zero-order valence-electron chi connectivity index (χ0n) is 11.1. The molecule has 1 saturated heterocycles. The Labute approximate surface area is 120 Å². The Morgan fingerprint density at radius 3 is 2.67 bits per heavy atom. The molecule has 7 nitrogen and oxygen atoms in total. The molecular weight excluding hydrogens is 278 g/mol. The van der Waals surface area contributed by atoms with Crippen LogP contribution in [-0.2, 0) is 4.74 Å². The van der Waals surface area contributed by atoms with E-state index in [1.807, 2.05) is 24.3 Å². The van der Waals surface area contributed by atoms with E-state index < -0.39 is 37.3 Å². The lowest BCUT2D eigenvalue weighted by atomic mass is 9.99.